The number of hydrogen-bond donors (Lipinski definition) is 1. The van der Waals surface area contributed by atoms with E-state index in [0.29, 0.717) is 25.7 Å². The van der Waals surface area contributed by atoms with Crippen molar-refractivity contribution in [3.05, 3.63) is 46.2 Å². The molecule has 9 heteroatoms. The zero-order chi connectivity index (χ0) is 16.9. The molecule has 3 heterocycles. The molecule has 128 valence electrons. The Hall–Kier alpha value is -1.97. The number of thiazole rings is 1. The largest absolute Gasteiger partial charge is 0.379 e. The van der Waals surface area contributed by atoms with Crippen molar-refractivity contribution < 1.29 is 23.0 Å². The van der Waals surface area contributed by atoms with E-state index in [1.807, 2.05) is 5.38 Å². The highest BCUT2D eigenvalue weighted by Crippen LogP contribution is 2.16. The quantitative estimate of drug-likeness (QED) is 0.887. The summed E-state index contributed by atoms with van der Waals surface area (Å²) in [6.45, 7) is 1.08. The molecule has 2 aromatic rings. The lowest BCUT2D eigenvalue weighted by Crippen LogP contribution is -2.50. The molecule has 1 aliphatic heterocycles. The molecule has 1 amide bonds. The monoisotopic (exact) mass is 355 g/mol. The van der Waals surface area contributed by atoms with Gasteiger partial charge in [-0.15, -0.1) is 11.3 Å². The normalized spacial score (nSPS) is 20.8. The Bertz CT molecular complexity index is 699. The molecule has 0 aromatic carbocycles. The van der Waals surface area contributed by atoms with Gasteiger partial charge >= 0.3 is 0 Å². The van der Waals surface area contributed by atoms with Crippen LogP contribution in [0.1, 0.15) is 22.6 Å². The van der Waals surface area contributed by atoms with Crippen molar-refractivity contribution in [3.8, 4) is 0 Å². The van der Waals surface area contributed by atoms with Crippen LogP contribution in [0.25, 0.3) is 0 Å². The first-order chi connectivity index (χ1) is 11.6. The Morgan fingerprint density at radius 1 is 1.46 bits per heavy atom. The number of ether oxygens (including phenoxy) is 2. The summed E-state index contributed by atoms with van der Waals surface area (Å²) in [5.41, 5.74) is 2.06. The molecule has 0 spiro atoms. The van der Waals surface area contributed by atoms with Crippen molar-refractivity contribution in [2.24, 2.45) is 0 Å². The van der Waals surface area contributed by atoms with Crippen molar-refractivity contribution in [2.45, 2.75) is 25.2 Å². The second-order valence-electron chi connectivity index (χ2n) is 5.26. The minimum atomic E-state index is -1.01. The molecule has 0 saturated carbocycles. The minimum Gasteiger partial charge on any atom is -0.379 e. The minimum absolute atomic E-state index is 0.246. The van der Waals surface area contributed by atoms with Gasteiger partial charge in [0.05, 0.1) is 42.8 Å². The number of nitrogens with one attached hydrogen (secondary N) is 1. The van der Waals surface area contributed by atoms with Crippen molar-refractivity contribution >= 4 is 17.2 Å². The van der Waals surface area contributed by atoms with Crippen LogP contribution in [0, 0.1) is 11.6 Å². The average molecular weight is 355 g/mol. The Labute approximate surface area is 140 Å². The lowest BCUT2D eigenvalue weighted by Gasteiger charge is -2.31. The van der Waals surface area contributed by atoms with Crippen molar-refractivity contribution in [3.63, 3.8) is 0 Å². The van der Waals surface area contributed by atoms with E-state index in [4.69, 9.17) is 9.47 Å². The molecule has 2 atom stereocenters. The van der Waals surface area contributed by atoms with Crippen LogP contribution in [-0.4, -0.2) is 41.2 Å². The maximum Gasteiger partial charge on any atom is 0.273 e. The lowest BCUT2D eigenvalue weighted by molar-refractivity contribution is -0.0612. The third-order valence-electron chi connectivity index (χ3n) is 3.56. The summed E-state index contributed by atoms with van der Waals surface area (Å²) in [5, 5.41) is 4.52. The standard InChI is InChI=1S/C15H15F2N3O3S/c16-9-3-11(17)14(18-4-9)15(21)20-12-6-22-2-1-13(12)23-5-10-7-24-8-19-10/h3-4,7-8,12-13H,1-2,5-6H2,(H,20,21)/t12-,13+/m1/s1. The van der Waals surface area contributed by atoms with E-state index in [-0.39, 0.29) is 12.7 Å². The van der Waals surface area contributed by atoms with Gasteiger partial charge in [0.2, 0.25) is 0 Å². The summed E-state index contributed by atoms with van der Waals surface area (Å²) < 4.78 is 37.7. The molecular weight excluding hydrogens is 340 g/mol. The number of amides is 1. The van der Waals surface area contributed by atoms with Gasteiger partial charge in [-0.25, -0.2) is 18.7 Å². The fourth-order valence-electron chi connectivity index (χ4n) is 2.37. The Morgan fingerprint density at radius 3 is 3.08 bits per heavy atom. The first kappa shape index (κ1) is 16.9. The van der Waals surface area contributed by atoms with E-state index < -0.39 is 29.3 Å². The van der Waals surface area contributed by atoms with E-state index in [1.54, 1.807) is 5.51 Å². The van der Waals surface area contributed by atoms with Gasteiger partial charge in [0.1, 0.15) is 5.82 Å². The molecule has 0 radical (unpaired) electrons. The Morgan fingerprint density at radius 2 is 2.33 bits per heavy atom. The first-order valence-electron chi connectivity index (χ1n) is 7.32. The zero-order valence-electron chi connectivity index (χ0n) is 12.6. The molecule has 1 N–H and O–H groups in total. The number of nitrogens with zero attached hydrogens (tertiary/aromatic N) is 2. The van der Waals surface area contributed by atoms with Crippen LogP contribution < -0.4 is 5.32 Å². The number of aromatic nitrogens is 2. The van der Waals surface area contributed by atoms with Gasteiger partial charge in [0.25, 0.3) is 5.91 Å². The van der Waals surface area contributed by atoms with Crippen LogP contribution in [0.2, 0.25) is 0 Å². The van der Waals surface area contributed by atoms with Gasteiger partial charge in [0.15, 0.2) is 11.5 Å². The van der Waals surface area contributed by atoms with Crippen LogP contribution in [0.3, 0.4) is 0 Å². The van der Waals surface area contributed by atoms with E-state index in [2.05, 4.69) is 15.3 Å². The molecule has 24 heavy (non-hydrogen) atoms. The number of rotatable bonds is 5. The summed E-state index contributed by atoms with van der Waals surface area (Å²) in [4.78, 5) is 19.8. The van der Waals surface area contributed by atoms with Crippen LogP contribution in [0.5, 0.6) is 0 Å². The molecule has 0 aliphatic carbocycles. The van der Waals surface area contributed by atoms with E-state index in [1.165, 1.54) is 11.3 Å². The van der Waals surface area contributed by atoms with E-state index in [9.17, 15) is 13.6 Å². The Balaban J connectivity index is 1.63. The van der Waals surface area contributed by atoms with E-state index >= 15 is 0 Å². The number of hydrogen-bond acceptors (Lipinski definition) is 6. The molecule has 3 rings (SSSR count). The number of carbonyl (C=O) groups excluding carboxylic acids is 1. The molecule has 2 aromatic heterocycles. The predicted octanol–water partition coefficient (Wildman–Crippen LogP) is 1.92. The van der Waals surface area contributed by atoms with Crippen LogP contribution in [0.15, 0.2) is 23.2 Å². The highest BCUT2D eigenvalue weighted by Gasteiger charge is 2.29. The number of halogens is 2. The molecule has 0 bridgehead atoms. The number of carbonyl (C=O) groups is 1. The zero-order valence-corrected chi connectivity index (χ0v) is 13.4. The first-order valence-corrected chi connectivity index (χ1v) is 8.26. The third kappa shape index (κ3) is 4.11. The average Bonchev–Trinajstić information content (AvgIpc) is 3.07. The van der Waals surface area contributed by atoms with Crippen LogP contribution in [-0.2, 0) is 16.1 Å². The summed E-state index contributed by atoms with van der Waals surface area (Å²) in [5.74, 6) is -2.58. The highest BCUT2D eigenvalue weighted by atomic mass is 32.1. The van der Waals surface area contributed by atoms with Crippen LogP contribution in [0.4, 0.5) is 8.78 Å². The molecule has 1 aliphatic rings. The fraction of sp³-hybridized carbons (Fsp3) is 0.400. The maximum absolute atomic E-state index is 13.7. The summed E-state index contributed by atoms with van der Waals surface area (Å²) in [7, 11) is 0. The topological polar surface area (TPSA) is 73.3 Å². The predicted molar refractivity (Wildman–Crippen MR) is 81.5 cm³/mol. The Kier molecular flexibility index (Phi) is 5.44. The van der Waals surface area contributed by atoms with Crippen molar-refractivity contribution in [1.82, 2.24) is 15.3 Å². The SMILES string of the molecule is O=C(N[C@@H]1COCC[C@@H]1OCc1cscn1)c1ncc(F)cc1F. The van der Waals surface area contributed by atoms with Gasteiger partial charge < -0.3 is 14.8 Å². The fourth-order valence-corrected chi connectivity index (χ4v) is 2.92. The van der Waals surface area contributed by atoms with Gasteiger partial charge in [-0.3, -0.25) is 4.79 Å². The third-order valence-corrected chi connectivity index (χ3v) is 4.20. The van der Waals surface area contributed by atoms with Gasteiger partial charge in [-0.05, 0) is 6.42 Å². The summed E-state index contributed by atoms with van der Waals surface area (Å²) >= 11 is 1.47. The van der Waals surface area contributed by atoms with Gasteiger partial charge in [-0.1, -0.05) is 0 Å². The number of pyridine rings is 1. The smallest absolute Gasteiger partial charge is 0.273 e. The lowest BCUT2D eigenvalue weighted by atomic mass is 10.1. The van der Waals surface area contributed by atoms with Crippen molar-refractivity contribution in [2.75, 3.05) is 13.2 Å². The van der Waals surface area contributed by atoms with Gasteiger partial charge in [-0.2, -0.15) is 0 Å². The maximum atomic E-state index is 13.7. The molecular formula is C15H15F2N3O3S. The second-order valence-corrected chi connectivity index (χ2v) is 5.98. The highest BCUT2D eigenvalue weighted by molar-refractivity contribution is 7.07. The summed E-state index contributed by atoms with van der Waals surface area (Å²) in [6, 6.07) is 0.173. The second kappa shape index (κ2) is 7.73. The van der Waals surface area contributed by atoms with Crippen LogP contribution >= 0.6 is 11.3 Å². The molecule has 6 nitrogen and oxygen atoms in total. The molecule has 1 saturated heterocycles. The van der Waals surface area contributed by atoms with E-state index in [0.717, 1.165) is 11.9 Å². The van der Waals surface area contributed by atoms with Crippen molar-refractivity contribution in [1.29, 1.82) is 0 Å². The summed E-state index contributed by atoms with van der Waals surface area (Å²) in [6.07, 6.45) is 1.10. The molecule has 1 fully saturated rings. The molecule has 0 unspecified atom stereocenters. The van der Waals surface area contributed by atoms with Gasteiger partial charge in [0, 0.05) is 18.1 Å².